The van der Waals surface area contributed by atoms with E-state index >= 15 is 0 Å². The molecule has 1 saturated heterocycles. The van der Waals surface area contributed by atoms with Gasteiger partial charge in [0.2, 0.25) is 11.7 Å². The van der Waals surface area contributed by atoms with Crippen LogP contribution in [0.25, 0.3) is 17.3 Å². The van der Waals surface area contributed by atoms with Crippen LogP contribution in [-0.4, -0.2) is 67.8 Å². The molecular formula is C27H26ClN5O3S. The Morgan fingerprint density at radius 3 is 2.59 bits per heavy atom. The van der Waals surface area contributed by atoms with Gasteiger partial charge in [-0.25, -0.2) is 0 Å². The highest BCUT2D eigenvalue weighted by atomic mass is 35.5. The van der Waals surface area contributed by atoms with Gasteiger partial charge in [-0.2, -0.15) is 0 Å². The number of aromatic nitrogens is 3. The third-order valence-corrected chi connectivity index (χ3v) is 7.46. The predicted molar refractivity (Wildman–Crippen MR) is 143 cm³/mol. The monoisotopic (exact) mass is 535 g/mol. The maximum absolute atomic E-state index is 13.1. The smallest absolute Gasteiger partial charge is 0.254 e. The van der Waals surface area contributed by atoms with Crippen molar-refractivity contribution in [2.75, 3.05) is 25.4 Å². The topological polar surface area (TPSA) is 84.5 Å². The molecule has 37 heavy (non-hydrogen) atoms. The first-order chi connectivity index (χ1) is 17.9. The number of halogens is 1. The van der Waals surface area contributed by atoms with Gasteiger partial charge in [0, 0.05) is 36.3 Å². The summed E-state index contributed by atoms with van der Waals surface area (Å²) in [5.74, 6) is 1.33. The largest absolute Gasteiger partial charge is 0.461 e. The van der Waals surface area contributed by atoms with Gasteiger partial charge in [0.1, 0.15) is 0 Å². The Morgan fingerprint density at radius 1 is 1.08 bits per heavy atom. The highest BCUT2D eigenvalue weighted by molar-refractivity contribution is 7.99. The van der Waals surface area contributed by atoms with Gasteiger partial charge in [-0.1, -0.05) is 35.5 Å². The number of rotatable bonds is 6. The Morgan fingerprint density at radius 2 is 1.89 bits per heavy atom. The van der Waals surface area contributed by atoms with Crippen LogP contribution < -0.4 is 0 Å². The molecular weight excluding hydrogens is 510 g/mol. The number of piperazine rings is 1. The lowest BCUT2D eigenvalue weighted by molar-refractivity contribution is -0.130. The minimum Gasteiger partial charge on any atom is -0.461 e. The molecule has 1 aliphatic rings. The van der Waals surface area contributed by atoms with Gasteiger partial charge >= 0.3 is 0 Å². The van der Waals surface area contributed by atoms with E-state index in [2.05, 4.69) is 10.2 Å². The molecule has 4 aromatic rings. The Hall–Kier alpha value is -3.56. The molecule has 8 nitrogen and oxygen atoms in total. The van der Waals surface area contributed by atoms with Crippen LogP contribution in [0, 0.1) is 6.92 Å². The molecule has 2 amide bonds. The van der Waals surface area contributed by atoms with E-state index in [4.69, 9.17) is 16.0 Å². The van der Waals surface area contributed by atoms with E-state index in [1.165, 1.54) is 11.8 Å². The number of furan rings is 1. The van der Waals surface area contributed by atoms with E-state index < -0.39 is 0 Å². The fraction of sp³-hybridized carbons (Fsp3) is 0.259. The molecule has 0 aliphatic carbocycles. The summed E-state index contributed by atoms with van der Waals surface area (Å²) in [4.78, 5) is 29.7. The summed E-state index contributed by atoms with van der Waals surface area (Å²) in [5, 5.41) is 9.92. The first-order valence-electron chi connectivity index (χ1n) is 11.9. The number of hydrogen-bond acceptors (Lipinski definition) is 6. The van der Waals surface area contributed by atoms with E-state index in [0.717, 1.165) is 11.3 Å². The van der Waals surface area contributed by atoms with Crippen molar-refractivity contribution < 1.29 is 14.0 Å². The van der Waals surface area contributed by atoms with Gasteiger partial charge in [0.15, 0.2) is 10.9 Å². The number of nitrogens with zero attached hydrogens (tertiary/aromatic N) is 5. The number of carbonyl (C=O) groups excluding carboxylic acids is 2. The van der Waals surface area contributed by atoms with Gasteiger partial charge < -0.3 is 14.2 Å². The van der Waals surface area contributed by atoms with Crippen LogP contribution in [-0.2, 0) is 4.79 Å². The van der Waals surface area contributed by atoms with Crippen molar-refractivity contribution in [3.8, 4) is 17.3 Å². The van der Waals surface area contributed by atoms with Gasteiger partial charge in [-0.3, -0.25) is 14.2 Å². The van der Waals surface area contributed by atoms with Crippen LogP contribution in [0.5, 0.6) is 0 Å². The first-order valence-corrected chi connectivity index (χ1v) is 13.3. The summed E-state index contributed by atoms with van der Waals surface area (Å²) >= 11 is 7.29. The van der Waals surface area contributed by atoms with E-state index in [9.17, 15) is 9.59 Å². The minimum atomic E-state index is -0.104. The van der Waals surface area contributed by atoms with Gasteiger partial charge in [-0.05, 0) is 67.9 Å². The van der Waals surface area contributed by atoms with Crippen LogP contribution in [0.15, 0.2) is 76.5 Å². The molecule has 10 heteroatoms. The van der Waals surface area contributed by atoms with Crippen LogP contribution in [0.2, 0.25) is 5.02 Å². The summed E-state index contributed by atoms with van der Waals surface area (Å²) in [6.45, 7) is 5.41. The third kappa shape index (κ3) is 5.42. The van der Waals surface area contributed by atoms with E-state index in [1.54, 1.807) is 36.6 Å². The molecule has 1 atom stereocenters. The lowest BCUT2D eigenvalue weighted by Gasteiger charge is -2.40. The van der Waals surface area contributed by atoms with Crippen LogP contribution in [0.1, 0.15) is 22.8 Å². The standard InChI is InChI=1S/C27H26ClN5O3S/c1-18-5-3-6-22(15-18)33-25(23-7-4-14-36-23)29-30-27(33)37-17-24(34)31-12-13-32(19(2)16-31)26(35)20-8-10-21(28)11-9-20/h3-11,14-15,19H,12-13,16-17H2,1-2H3. The molecule has 1 aliphatic heterocycles. The lowest BCUT2D eigenvalue weighted by Crippen LogP contribution is -2.55. The number of carbonyl (C=O) groups is 2. The molecule has 2 aromatic carbocycles. The fourth-order valence-corrected chi connectivity index (χ4v) is 5.37. The maximum Gasteiger partial charge on any atom is 0.254 e. The van der Waals surface area contributed by atoms with Crippen molar-refractivity contribution in [3.05, 3.63) is 83.1 Å². The summed E-state index contributed by atoms with van der Waals surface area (Å²) < 4.78 is 7.49. The maximum atomic E-state index is 13.1. The lowest BCUT2D eigenvalue weighted by atomic mass is 10.1. The van der Waals surface area contributed by atoms with Crippen LogP contribution in [0.4, 0.5) is 0 Å². The highest BCUT2D eigenvalue weighted by Crippen LogP contribution is 2.29. The summed E-state index contributed by atoms with van der Waals surface area (Å²) in [6, 6.07) is 18.4. The van der Waals surface area contributed by atoms with Crippen LogP contribution >= 0.6 is 23.4 Å². The number of thioether (sulfide) groups is 1. The molecule has 0 spiro atoms. The average Bonchev–Trinajstić information content (AvgIpc) is 3.57. The van der Waals surface area contributed by atoms with E-state index in [1.807, 2.05) is 58.5 Å². The van der Waals surface area contributed by atoms with Crippen molar-refractivity contribution in [2.24, 2.45) is 0 Å². The summed E-state index contributed by atoms with van der Waals surface area (Å²) in [5.41, 5.74) is 2.59. The third-order valence-electron chi connectivity index (χ3n) is 6.29. The van der Waals surface area contributed by atoms with Gasteiger partial charge in [0.25, 0.3) is 5.91 Å². The summed E-state index contributed by atoms with van der Waals surface area (Å²) in [6.07, 6.45) is 1.60. The van der Waals surface area contributed by atoms with Gasteiger partial charge in [-0.15, -0.1) is 10.2 Å². The second-order valence-corrected chi connectivity index (χ2v) is 10.3. The molecule has 0 N–H and O–H groups in total. The number of hydrogen-bond donors (Lipinski definition) is 0. The minimum absolute atomic E-state index is 0.00576. The molecule has 1 fully saturated rings. The number of aryl methyl sites for hydroxylation is 1. The second-order valence-electron chi connectivity index (χ2n) is 8.94. The SMILES string of the molecule is Cc1cccc(-n2c(SCC(=O)N3CCN(C(=O)c4ccc(Cl)cc4)C(C)C3)nnc2-c2ccco2)c1. The molecule has 0 bridgehead atoms. The highest BCUT2D eigenvalue weighted by Gasteiger charge is 2.30. The number of benzene rings is 2. The average molecular weight is 536 g/mol. The van der Waals surface area contributed by atoms with Crippen molar-refractivity contribution in [1.82, 2.24) is 24.6 Å². The van der Waals surface area contributed by atoms with E-state index in [0.29, 0.717) is 47.0 Å². The second kappa shape index (κ2) is 10.8. The molecule has 1 unspecified atom stereocenters. The Balaban J connectivity index is 1.27. The zero-order valence-corrected chi connectivity index (χ0v) is 22.1. The molecule has 2 aromatic heterocycles. The van der Waals surface area contributed by atoms with Gasteiger partial charge in [0.05, 0.1) is 17.7 Å². The van der Waals surface area contributed by atoms with Crippen molar-refractivity contribution in [2.45, 2.75) is 25.0 Å². The zero-order chi connectivity index (χ0) is 25.9. The fourth-order valence-electron chi connectivity index (χ4n) is 4.39. The molecule has 0 saturated carbocycles. The van der Waals surface area contributed by atoms with Crippen molar-refractivity contribution >= 4 is 35.2 Å². The summed E-state index contributed by atoms with van der Waals surface area (Å²) in [7, 11) is 0. The Bertz CT molecular complexity index is 1400. The molecule has 3 heterocycles. The van der Waals surface area contributed by atoms with Crippen molar-refractivity contribution in [1.29, 1.82) is 0 Å². The van der Waals surface area contributed by atoms with E-state index in [-0.39, 0.29) is 23.6 Å². The Kier molecular flexibility index (Phi) is 7.34. The van der Waals surface area contributed by atoms with Crippen LogP contribution in [0.3, 0.4) is 0 Å². The number of amides is 2. The molecule has 5 rings (SSSR count). The van der Waals surface area contributed by atoms with Crippen molar-refractivity contribution in [3.63, 3.8) is 0 Å². The zero-order valence-electron chi connectivity index (χ0n) is 20.5. The first kappa shape index (κ1) is 25.1. The molecule has 190 valence electrons. The predicted octanol–water partition coefficient (Wildman–Crippen LogP) is 4.95. The normalized spacial score (nSPS) is 15.7. The quantitative estimate of drug-likeness (QED) is 0.325. The molecule has 0 radical (unpaired) electrons. The Labute approximate surface area is 224 Å².